The second-order valence-electron chi connectivity index (χ2n) is 5.20. The summed E-state index contributed by atoms with van der Waals surface area (Å²) in [7, 11) is -3.74. The third kappa shape index (κ3) is 4.26. The van der Waals surface area contributed by atoms with Gasteiger partial charge in [0.25, 0.3) is 10.0 Å². The number of benzene rings is 1. The molecule has 26 heavy (non-hydrogen) atoms. The molecule has 0 bridgehead atoms. The van der Waals surface area contributed by atoms with Gasteiger partial charge in [-0.25, -0.2) is 23.1 Å². The first-order valence-corrected chi connectivity index (χ1v) is 9.59. The zero-order valence-electron chi connectivity index (χ0n) is 13.1. The summed E-state index contributed by atoms with van der Waals surface area (Å²) in [5.74, 6) is 0. The summed E-state index contributed by atoms with van der Waals surface area (Å²) in [6.45, 7) is 0.0111. The van der Waals surface area contributed by atoms with Gasteiger partial charge in [0.15, 0.2) is 5.03 Å². The van der Waals surface area contributed by atoms with Gasteiger partial charge in [-0.05, 0) is 24.3 Å². The van der Waals surface area contributed by atoms with E-state index in [1.54, 1.807) is 12.1 Å². The van der Waals surface area contributed by atoms with Crippen molar-refractivity contribution in [2.45, 2.75) is 17.7 Å². The van der Waals surface area contributed by atoms with Crippen LogP contribution in [0.4, 0.5) is 13.2 Å². The first-order valence-electron chi connectivity index (χ1n) is 7.29. The molecule has 0 aliphatic heterocycles. The van der Waals surface area contributed by atoms with E-state index in [1.165, 1.54) is 41.9 Å². The maximum atomic E-state index is 12.6. The Kier molecular flexibility index (Phi) is 5.08. The van der Waals surface area contributed by atoms with Crippen molar-refractivity contribution in [2.24, 2.45) is 0 Å². The standard InChI is InChI=1S/C16H12F3N3O2S2/c17-16(18,19)12-6-4-11(5-7-12)15-21-9-13(25-15)10-22-26(23,24)14-3-1-2-8-20-14/h1-9,22H,10H2. The highest BCUT2D eigenvalue weighted by Gasteiger charge is 2.30. The van der Waals surface area contributed by atoms with E-state index in [9.17, 15) is 21.6 Å². The number of hydrogen-bond donors (Lipinski definition) is 1. The fourth-order valence-corrected chi connectivity index (χ4v) is 3.97. The van der Waals surface area contributed by atoms with Crippen LogP contribution in [0.2, 0.25) is 0 Å². The summed E-state index contributed by atoms with van der Waals surface area (Å²) >= 11 is 1.20. The first kappa shape index (κ1) is 18.5. The molecule has 0 amide bonds. The monoisotopic (exact) mass is 399 g/mol. The molecule has 0 fully saturated rings. The average Bonchev–Trinajstić information content (AvgIpc) is 3.09. The third-order valence-electron chi connectivity index (χ3n) is 3.36. The molecule has 0 radical (unpaired) electrons. The summed E-state index contributed by atoms with van der Waals surface area (Å²) in [5.41, 5.74) is -0.206. The Bertz CT molecular complexity index is 986. The van der Waals surface area contributed by atoms with Gasteiger partial charge in [-0.2, -0.15) is 13.2 Å². The number of hydrogen-bond acceptors (Lipinski definition) is 5. The zero-order chi connectivity index (χ0) is 18.8. The van der Waals surface area contributed by atoms with E-state index in [-0.39, 0.29) is 11.6 Å². The van der Waals surface area contributed by atoms with Crippen LogP contribution in [0.1, 0.15) is 10.4 Å². The largest absolute Gasteiger partial charge is 0.416 e. The van der Waals surface area contributed by atoms with Crippen LogP contribution in [0.15, 0.2) is 59.9 Å². The minimum atomic E-state index is -4.39. The molecule has 3 rings (SSSR count). The number of sulfonamides is 1. The molecular formula is C16H12F3N3O2S2. The van der Waals surface area contributed by atoms with Crippen molar-refractivity contribution in [3.8, 4) is 10.6 Å². The van der Waals surface area contributed by atoms with Crippen LogP contribution in [-0.4, -0.2) is 18.4 Å². The summed E-state index contributed by atoms with van der Waals surface area (Å²) in [6, 6.07) is 9.20. The lowest BCUT2D eigenvalue weighted by Crippen LogP contribution is -2.23. The van der Waals surface area contributed by atoms with Crippen molar-refractivity contribution in [1.82, 2.24) is 14.7 Å². The Morgan fingerprint density at radius 3 is 2.38 bits per heavy atom. The van der Waals surface area contributed by atoms with Crippen LogP contribution >= 0.6 is 11.3 Å². The molecule has 0 saturated carbocycles. The van der Waals surface area contributed by atoms with Crippen molar-refractivity contribution in [2.75, 3.05) is 0 Å². The molecule has 5 nitrogen and oxygen atoms in total. The maximum absolute atomic E-state index is 12.6. The number of thiazole rings is 1. The Balaban J connectivity index is 1.70. The molecule has 0 unspecified atom stereocenters. The van der Waals surface area contributed by atoms with E-state index in [0.717, 1.165) is 12.1 Å². The van der Waals surface area contributed by atoms with Crippen molar-refractivity contribution < 1.29 is 21.6 Å². The fourth-order valence-electron chi connectivity index (χ4n) is 2.07. The number of halogens is 3. The third-order valence-corrected chi connectivity index (χ3v) is 5.73. The quantitative estimate of drug-likeness (QED) is 0.710. The van der Waals surface area contributed by atoms with Gasteiger partial charge in [0.2, 0.25) is 0 Å². The minimum absolute atomic E-state index is 0.0111. The predicted octanol–water partition coefficient (Wildman–Crippen LogP) is 3.70. The van der Waals surface area contributed by atoms with Crippen molar-refractivity contribution in [1.29, 1.82) is 0 Å². The van der Waals surface area contributed by atoms with E-state index in [4.69, 9.17) is 0 Å². The maximum Gasteiger partial charge on any atom is 0.416 e. The molecule has 2 aromatic heterocycles. The second kappa shape index (κ2) is 7.14. The molecule has 0 aliphatic carbocycles. The Morgan fingerprint density at radius 2 is 1.77 bits per heavy atom. The van der Waals surface area contributed by atoms with Crippen LogP contribution in [0, 0.1) is 0 Å². The molecule has 0 saturated heterocycles. The van der Waals surface area contributed by atoms with Crippen LogP contribution in [0.5, 0.6) is 0 Å². The first-order chi connectivity index (χ1) is 12.3. The molecule has 1 N–H and O–H groups in total. The highest BCUT2D eigenvalue weighted by Crippen LogP contribution is 2.32. The van der Waals surface area contributed by atoms with Gasteiger partial charge in [-0.1, -0.05) is 18.2 Å². The molecule has 0 spiro atoms. The Hall–Kier alpha value is -2.30. The SMILES string of the molecule is O=S(=O)(NCc1cnc(-c2ccc(C(F)(F)F)cc2)s1)c1ccccn1. The van der Waals surface area contributed by atoms with Crippen molar-refractivity contribution in [3.05, 3.63) is 65.3 Å². The zero-order valence-corrected chi connectivity index (χ0v) is 14.7. The summed E-state index contributed by atoms with van der Waals surface area (Å²) < 4.78 is 64.4. The molecular weight excluding hydrogens is 387 g/mol. The highest BCUT2D eigenvalue weighted by molar-refractivity contribution is 7.89. The van der Waals surface area contributed by atoms with Crippen molar-refractivity contribution in [3.63, 3.8) is 0 Å². The van der Waals surface area contributed by atoms with E-state index >= 15 is 0 Å². The van der Waals surface area contributed by atoms with Gasteiger partial charge in [0.1, 0.15) is 5.01 Å². The lowest BCUT2D eigenvalue weighted by molar-refractivity contribution is -0.137. The van der Waals surface area contributed by atoms with Gasteiger partial charge in [-0.15, -0.1) is 11.3 Å². The van der Waals surface area contributed by atoms with E-state index in [0.29, 0.717) is 15.4 Å². The summed E-state index contributed by atoms with van der Waals surface area (Å²) in [6.07, 6.45) is -1.53. The molecule has 2 heterocycles. The smallest absolute Gasteiger partial charge is 0.244 e. The van der Waals surface area contributed by atoms with E-state index in [2.05, 4.69) is 14.7 Å². The van der Waals surface area contributed by atoms with Crippen LogP contribution in [-0.2, 0) is 22.7 Å². The van der Waals surface area contributed by atoms with Gasteiger partial charge in [-0.3, -0.25) is 0 Å². The summed E-state index contributed by atoms with van der Waals surface area (Å²) in [5, 5.41) is 0.415. The lowest BCUT2D eigenvalue weighted by Gasteiger charge is -2.06. The number of aromatic nitrogens is 2. The van der Waals surface area contributed by atoms with Gasteiger partial charge < -0.3 is 0 Å². The number of alkyl halides is 3. The highest BCUT2D eigenvalue weighted by atomic mass is 32.2. The average molecular weight is 399 g/mol. The lowest BCUT2D eigenvalue weighted by atomic mass is 10.1. The van der Waals surface area contributed by atoms with Crippen molar-refractivity contribution >= 4 is 21.4 Å². The van der Waals surface area contributed by atoms with Crippen LogP contribution in [0.25, 0.3) is 10.6 Å². The number of nitrogens with one attached hydrogen (secondary N) is 1. The van der Waals surface area contributed by atoms with Crippen LogP contribution < -0.4 is 4.72 Å². The molecule has 3 aromatic rings. The molecule has 1 aromatic carbocycles. The van der Waals surface area contributed by atoms with Gasteiger partial charge in [0.05, 0.1) is 5.56 Å². The normalized spacial score (nSPS) is 12.3. The summed E-state index contributed by atoms with van der Waals surface area (Å²) in [4.78, 5) is 8.55. The fraction of sp³-hybridized carbons (Fsp3) is 0.125. The number of rotatable bonds is 5. The van der Waals surface area contributed by atoms with E-state index < -0.39 is 21.8 Å². The topological polar surface area (TPSA) is 72.0 Å². The molecule has 0 aliphatic rings. The predicted molar refractivity (Wildman–Crippen MR) is 90.8 cm³/mol. The van der Waals surface area contributed by atoms with Gasteiger partial charge >= 0.3 is 6.18 Å². The van der Waals surface area contributed by atoms with E-state index in [1.807, 2.05) is 0 Å². The molecule has 10 heteroatoms. The Labute approximate surface area is 151 Å². The molecule has 0 atom stereocenters. The second-order valence-corrected chi connectivity index (χ2v) is 8.03. The number of nitrogens with zero attached hydrogens (tertiary/aromatic N) is 2. The number of pyridine rings is 1. The molecule has 136 valence electrons. The van der Waals surface area contributed by atoms with Gasteiger partial charge in [0, 0.05) is 29.4 Å². The van der Waals surface area contributed by atoms with Crippen LogP contribution in [0.3, 0.4) is 0 Å². The Morgan fingerprint density at radius 1 is 1.04 bits per heavy atom. The minimum Gasteiger partial charge on any atom is -0.244 e.